The molecule has 0 bridgehead atoms. The van der Waals surface area contributed by atoms with Crippen molar-refractivity contribution < 1.29 is 18.9 Å². The summed E-state index contributed by atoms with van der Waals surface area (Å²) in [6.07, 6.45) is 1.47. The smallest absolute Gasteiger partial charge is 0.293 e. The van der Waals surface area contributed by atoms with Crippen molar-refractivity contribution in [3.63, 3.8) is 0 Å². The molecule has 0 unspecified atom stereocenters. The van der Waals surface area contributed by atoms with Crippen molar-refractivity contribution in [1.82, 2.24) is 30.7 Å². The Kier molecular flexibility index (Phi) is 5.37. The van der Waals surface area contributed by atoms with Gasteiger partial charge in [0.1, 0.15) is 11.4 Å². The highest BCUT2D eigenvalue weighted by molar-refractivity contribution is 5.94. The lowest BCUT2D eigenvalue weighted by Gasteiger charge is -2.04. The maximum absolute atomic E-state index is 12.4. The number of amides is 1. The van der Waals surface area contributed by atoms with Crippen molar-refractivity contribution >= 4 is 17.9 Å². The Bertz CT molecular complexity index is 964. The van der Waals surface area contributed by atoms with Crippen LogP contribution in [0, 0.1) is 0 Å². The standard InChI is InChI=1S/C15H16N8O4/c1-25-8-11-12(18-22-23(11)14-13(16)20-27-21-14)15(24)19-17-7-9-4-3-5-10(6-9)26-2/h3-7H,8H2,1-2H3,(H2,16,20)(H,19,24)/b17-7+. The van der Waals surface area contributed by atoms with Gasteiger partial charge in [0.15, 0.2) is 5.69 Å². The van der Waals surface area contributed by atoms with Crippen LogP contribution in [0.15, 0.2) is 34.0 Å². The lowest BCUT2D eigenvalue weighted by Crippen LogP contribution is -2.20. The van der Waals surface area contributed by atoms with Gasteiger partial charge in [0.05, 0.1) is 19.9 Å². The first kappa shape index (κ1) is 18.0. The molecule has 0 atom stereocenters. The molecule has 0 aliphatic heterocycles. The molecule has 3 rings (SSSR count). The summed E-state index contributed by atoms with van der Waals surface area (Å²) in [7, 11) is 3.03. The average molecular weight is 372 g/mol. The van der Waals surface area contributed by atoms with Gasteiger partial charge in [-0.25, -0.2) is 10.1 Å². The molecule has 1 amide bonds. The molecule has 12 heteroatoms. The molecule has 0 aliphatic rings. The van der Waals surface area contributed by atoms with E-state index in [0.29, 0.717) is 11.4 Å². The maximum atomic E-state index is 12.4. The second-order valence-corrected chi connectivity index (χ2v) is 5.18. The van der Waals surface area contributed by atoms with E-state index in [2.05, 4.69) is 35.8 Å². The molecule has 0 saturated heterocycles. The van der Waals surface area contributed by atoms with Crippen LogP contribution in [0.1, 0.15) is 21.7 Å². The van der Waals surface area contributed by atoms with E-state index < -0.39 is 5.91 Å². The van der Waals surface area contributed by atoms with Crippen LogP contribution in [0.4, 0.5) is 5.82 Å². The molecule has 12 nitrogen and oxygen atoms in total. The number of rotatable bonds is 7. The van der Waals surface area contributed by atoms with Crippen LogP contribution < -0.4 is 15.9 Å². The predicted molar refractivity (Wildman–Crippen MR) is 92.4 cm³/mol. The molecule has 0 saturated carbocycles. The van der Waals surface area contributed by atoms with Gasteiger partial charge in [-0.1, -0.05) is 17.3 Å². The number of ether oxygens (including phenoxy) is 2. The summed E-state index contributed by atoms with van der Waals surface area (Å²) in [5.74, 6) is 0.200. The summed E-state index contributed by atoms with van der Waals surface area (Å²) in [4.78, 5) is 12.4. The number of hydrogen-bond donors (Lipinski definition) is 2. The number of anilines is 1. The van der Waals surface area contributed by atoms with E-state index in [4.69, 9.17) is 15.2 Å². The van der Waals surface area contributed by atoms with Crippen LogP contribution in [0.5, 0.6) is 5.75 Å². The molecule has 1 aromatic carbocycles. The van der Waals surface area contributed by atoms with Crippen LogP contribution in [0.25, 0.3) is 5.82 Å². The van der Waals surface area contributed by atoms with Gasteiger partial charge in [-0.3, -0.25) is 4.79 Å². The first-order valence-electron chi connectivity index (χ1n) is 7.63. The van der Waals surface area contributed by atoms with Crippen molar-refractivity contribution in [1.29, 1.82) is 0 Å². The summed E-state index contributed by atoms with van der Waals surface area (Å²) in [5.41, 5.74) is 9.11. The lowest BCUT2D eigenvalue weighted by molar-refractivity contribution is 0.0944. The summed E-state index contributed by atoms with van der Waals surface area (Å²) < 4.78 is 16.0. The number of carbonyl (C=O) groups is 1. The number of nitrogens with zero attached hydrogens (tertiary/aromatic N) is 6. The van der Waals surface area contributed by atoms with Gasteiger partial charge >= 0.3 is 0 Å². The highest BCUT2D eigenvalue weighted by atomic mass is 16.6. The Hall–Kier alpha value is -3.80. The molecule has 2 heterocycles. The van der Waals surface area contributed by atoms with Gasteiger partial charge in [-0.2, -0.15) is 9.78 Å². The first-order valence-corrected chi connectivity index (χ1v) is 7.63. The van der Waals surface area contributed by atoms with Crippen LogP contribution in [-0.4, -0.2) is 51.6 Å². The Morgan fingerprint density at radius 1 is 1.41 bits per heavy atom. The molecule has 3 N–H and O–H groups in total. The van der Waals surface area contributed by atoms with Crippen molar-refractivity contribution in [2.75, 3.05) is 20.0 Å². The number of methoxy groups -OCH3 is 2. The molecule has 0 aliphatic carbocycles. The average Bonchev–Trinajstić information content (AvgIpc) is 3.28. The fraction of sp³-hybridized carbons (Fsp3) is 0.200. The maximum Gasteiger partial charge on any atom is 0.293 e. The normalized spacial score (nSPS) is 11.0. The number of carbonyl (C=O) groups excluding carboxylic acids is 1. The van der Waals surface area contributed by atoms with E-state index in [0.717, 1.165) is 5.56 Å². The largest absolute Gasteiger partial charge is 0.497 e. The lowest BCUT2D eigenvalue weighted by atomic mass is 10.2. The van der Waals surface area contributed by atoms with Gasteiger partial charge in [0.2, 0.25) is 11.6 Å². The molecule has 0 spiro atoms. The van der Waals surface area contributed by atoms with Crippen molar-refractivity contribution in [3.8, 4) is 11.6 Å². The highest BCUT2D eigenvalue weighted by Gasteiger charge is 2.23. The highest BCUT2D eigenvalue weighted by Crippen LogP contribution is 2.16. The Morgan fingerprint density at radius 3 is 2.96 bits per heavy atom. The molecule has 3 aromatic rings. The minimum absolute atomic E-state index is 0.000238. The molecule has 27 heavy (non-hydrogen) atoms. The van der Waals surface area contributed by atoms with Gasteiger partial charge in [-0.15, -0.1) is 5.10 Å². The molecule has 0 fully saturated rings. The Morgan fingerprint density at radius 2 is 2.26 bits per heavy atom. The van der Waals surface area contributed by atoms with E-state index in [1.54, 1.807) is 25.3 Å². The number of nitrogens with one attached hydrogen (secondary N) is 1. The third kappa shape index (κ3) is 3.90. The Labute approximate surface area is 152 Å². The molecule has 2 aromatic heterocycles. The summed E-state index contributed by atoms with van der Waals surface area (Å²) in [6, 6.07) is 7.18. The summed E-state index contributed by atoms with van der Waals surface area (Å²) >= 11 is 0. The number of nitrogen functional groups attached to an aromatic ring is 1. The van der Waals surface area contributed by atoms with Crippen molar-refractivity contribution in [2.24, 2.45) is 5.10 Å². The number of aromatic nitrogens is 5. The number of nitrogens with two attached hydrogens (primary N) is 1. The zero-order valence-electron chi connectivity index (χ0n) is 14.5. The SMILES string of the molecule is COCc1c(C(=O)N/N=C/c2cccc(OC)c2)nnn1-c1nonc1N. The molecule has 0 radical (unpaired) electrons. The minimum Gasteiger partial charge on any atom is -0.497 e. The van der Waals surface area contributed by atoms with E-state index in [1.165, 1.54) is 18.0 Å². The Balaban J connectivity index is 1.79. The monoisotopic (exact) mass is 372 g/mol. The van der Waals surface area contributed by atoms with Gasteiger partial charge < -0.3 is 15.2 Å². The molecular formula is C15H16N8O4. The van der Waals surface area contributed by atoms with Crippen LogP contribution >= 0.6 is 0 Å². The number of benzene rings is 1. The van der Waals surface area contributed by atoms with E-state index in [-0.39, 0.29) is 23.9 Å². The summed E-state index contributed by atoms with van der Waals surface area (Å²) in [5, 5.41) is 18.7. The summed E-state index contributed by atoms with van der Waals surface area (Å²) in [6.45, 7) is 0.0294. The number of hydrazone groups is 1. The van der Waals surface area contributed by atoms with Crippen LogP contribution in [0.3, 0.4) is 0 Å². The van der Waals surface area contributed by atoms with Crippen molar-refractivity contribution in [2.45, 2.75) is 6.61 Å². The van der Waals surface area contributed by atoms with Crippen LogP contribution in [0.2, 0.25) is 0 Å². The third-order valence-corrected chi connectivity index (χ3v) is 3.43. The predicted octanol–water partition coefficient (Wildman–Crippen LogP) is 0.151. The van der Waals surface area contributed by atoms with E-state index in [9.17, 15) is 4.79 Å². The van der Waals surface area contributed by atoms with Gasteiger partial charge in [-0.05, 0) is 28.0 Å². The zero-order valence-corrected chi connectivity index (χ0v) is 14.5. The second kappa shape index (κ2) is 8.05. The minimum atomic E-state index is -0.581. The van der Waals surface area contributed by atoms with Crippen molar-refractivity contribution in [3.05, 3.63) is 41.2 Å². The number of hydrogen-bond acceptors (Lipinski definition) is 10. The van der Waals surface area contributed by atoms with Gasteiger partial charge in [0.25, 0.3) is 5.91 Å². The molecule has 140 valence electrons. The molecular weight excluding hydrogens is 356 g/mol. The van der Waals surface area contributed by atoms with E-state index in [1.807, 2.05) is 6.07 Å². The topological polar surface area (TPSA) is 156 Å². The quantitative estimate of drug-likeness (QED) is 0.435. The second-order valence-electron chi connectivity index (χ2n) is 5.18. The van der Waals surface area contributed by atoms with Crippen LogP contribution in [-0.2, 0) is 11.3 Å². The van der Waals surface area contributed by atoms with Gasteiger partial charge in [0, 0.05) is 7.11 Å². The zero-order chi connectivity index (χ0) is 19.2. The van der Waals surface area contributed by atoms with E-state index >= 15 is 0 Å². The third-order valence-electron chi connectivity index (χ3n) is 3.43. The fourth-order valence-corrected chi connectivity index (χ4v) is 2.19. The first-order chi connectivity index (χ1) is 13.1. The fourth-order valence-electron chi connectivity index (χ4n) is 2.19.